The maximum Gasteiger partial charge on any atom is 0.222 e. The van der Waals surface area contributed by atoms with E-state index in [0.717, 1.165) is 50.4 Å². The molecule has 1 heterocycles. The molecule has 2 rings (SSSR count). The minimum absolute atomic E-state index is 0. The van der Waals surface area contributed by atoms with Crippen LogP contribution in [0.5, 0.6) is 0 Å². The molecule has 0 radical (unpaired) electrons. The molecule has 1 fully saturated rings. The number of aryl methyl sites for hydroxylation is 1. The number of ether oxygens (including phenoxy) is 1. The van der Waals surface area contributed by atoms with Crippen LogP contribution in [-0.2, 0) is 16.0 Å². The molecule has 0 spiro atoms. The van der Waals surface area contributed by atoms with E-state index < -0.39 is 0 Å². The SMILES string of the molecule is CCOCC1CCN(C(=O)CCc2ccccc2N)C1.Cl. The lowest BCUT2D eigenvalue weighted by Gasteiger charge is -2.17. The van der Waals surface area contributed by atoms with E-state index in [9.17, 15) is 4.79 Å². The second-order valence-corrected chi connectivity index (χ2v) is 5.35. The third-order valence-corrected chi connectivity index (χ3v) is 3.86. The third-order valence-electron chi connectivity index (χ3n) is 3.86. The molecule has 1 aromatic carbocycles. The number of nitrogen functional groups attached to an aromatic ring is 1. The van der Waals surface area contributed by atoms with E-state index in [1.165, 1.54) is 0 Å². The fourth-order valence-corrected chi connectivity index (χ4v) is 2.64. The molecule has 2 N–H and O–H groups in total. The Kier molecular flexibility index (Phi) is 7.54. The lowest BCUT2D eigenvalue weighted by Crippen LogP contribution is -2.29. The zero-order valence-electron chi connectivity index (χ0n) is 12.6. The topological polar surface area (TPSA) is 55.6 Å². The van der Waals surface area contributed by atoms with Crippen molar-refractivity contribution in [1.29, 1.82) is 0 Å². The smallest absolute Gasteiger partial charge is 0.222 e. The predicted molar refractivity (Wildman–Crippen MR) is 87.6 cm³/mol. The zero-order valence-corrected chi connectivity index (χ0v) is 13.4. The number of halogens is 1. The molecule has 0 aliphatic carbocycles. The Bertz CT molecular complexity index is 454. The van der Waals surface area contributed by atoms with Gasteiger partial charge in [0.1, 0.15) is 0 Å². The molecular weight excluding hydrogens is 288 g/mol. The van der Waals surface area contributed by atoms with Crippen molar-refractivity contribution in [1.82, 2.24) is 4.90 Å². The van der Waals surface area contributed by atoms with Gasteiger partial charge < -0.3 is 15.4 Å². The summed E-state index contributed by atoms with van der Waals surface area (Å²) in [5.41, 5.74) is 7.73. The van der Waals surface area contributed by atoms with Gasteiger partial charge in [-0.2, -0.15) is 0 Å². The number of carbonyl (C=O) groups excluding carboxylic acids is 1. The van der Waals surface area contributed by atoms with E-state index in [1.54, 1.807) is 0 Å². The van der Waals surface area contributed by atoms with E-state index in [-0.39, 0.29) is 18.3 Å². The van der Waals surface area contributed by atoms with Gasteiger partial charge in [-0.15, -0.1) is 12.4 Å². The molecule has 21 heavy (non-hydrogen) atoms. The van der Waals surface area contributed by atoms with Gasteiger partial charge in [-0.1, -0.05) is 18.2 Å². The normalized spacial score (nSPS) is 17.6. The molecule has 1 atom stereocenters. The summed E-state index contributed by atoms with van der Waals surface area (Å²) < 4.78 is 5.44. The second kappa shape index (κ2) is 8.90. The molecule has 1 aliphatic rings. The Morgan fingerprint density at radius 2 is 2.19 bits per heavy atom. The summed E-state index contributed by atoms with van der Waals surface area (Å²) in [4.78, 5) is 14.2. The standard InChI is InChI=1S/C16H24N2O2.ClH/c1-2-20-12-13-9-10-18(11-13)16(19)8-7-14-5-3-4-6-15(14)17;/h3-6,13H,2,7-12,17H2,1H3;1H. The summed E-state index contributed by atoms with van der Waals surface area (Å²) >= 11 is 0. The van der Waals surface area contributed by atoms with E-state index in [0.29, 0.717) is 12.3 Å². The van der Waals surface area contributed by atoms with Gasteiger partial charge in [0, 0.05) is 37.7 Å². The first-order valence-electron chi connectivity index (χ1n) is 7.39. The second-order valence-electron chi connectivity index (χ2n) is 5.35. The Labute approximate surface area is 133 Å². The summed E-state index contributed by atoms with van der Waals surface area (Å²) in [6, 6.07) is 7.75. The van der Waals surface area contributed by atoms with E-state index in [1.807, 2.05) is 36.1 Å². The Balaban J connectivity index is 0.00000220. The quantitative estimate of drug-likeness (QED) is 0.821. The summed E-state index contributed by atoms with van der Waals surface area (Å²) in [6.45, 7) is 5.22. The van der Waals surface area contributed by atoms with Crippen molar-refractivity contribution < 1.29 is 9.53 Å². The monoisotopic (exact) mass is 312 g/mol. The van der Waals surface area contributed by atoms with Gasteiger partial charge >= 0.3 is 0 Å². The average molecular weight is 313 g/mol. The minimum Gasteiger partial charge on any atom is -0.399 e. The van der Waals surface area contributed by atoms with Gasteiger partial charge in [-0.05, 0) is 31.4 Å². The molecule has 0 bridgehead atoms. The van der Waals surface area contributed by atoms with Crippen molar-refractivity contribution in [2.45, 2.75) is 26.2 Å². The van der Waals surface area contributed by atoms with Crippen LogP contribution >= 0.6 is 12.4 Å². The molecule has 0 aromatic heterocycles. The fourth-order valence-electron chi connectivity index (χ4n) is 2.64. The number of amides is 1. The third kappa shape index (κ3) is 5.21. The number of nitrogens with two attached hydrogens (primary N) is 1. The van der Waals surface area contributed by atoms with Gasteiger partial charge in [0.25, 0.3) is 0 Å². The number of nitrogens with zero attached hydrogens (tertiary/aromatic N) is 1. The lowest BCUT2D eigenvalue weighted by molar-refractivity contribution is -0.130. The van der Waals surface area contributed by atoms with Crippen LogP contribution in [0, 0.1) is 5.92 Å². The molecule has 1 unspecified atom stereocenters. The van der Waals surface area contributed by atoms with E-state index in [2.05, 4.69) is 0 Å². The number of likely N-dealkylation sites (tertiary alicyclic amines) is 1. The van der Waals surface area contributed by atoms with Gasteiger partial charge in [0.2, 0.25) is 5.91 Å². The molecular formula is C16H25ClN2O2. The summed E-state index contributed by atoms with van der Waals surface area (Å²) in [6.07, 6.45) is 2.31. The van der Waals surface area contributed by atoms with Crippen molar-refractivity contribution in [3.05, 3.63) is 29.8 Å². The summed E-state index contributed by atoms with van der Waals surface area (Å²) in [7, 11) is 0. The van der Waals surface area contributed by atoms with E-state index >= 15 is 0 Å². The van der Waals surface area contributed by atoms with Crippen molar-refractivity contribution in [2.24, 2.45) is 5.92 Å². The Morgan fingerprint density at radius 1 is 1.43 bits per heavy atom. The van der Waals surface area contributed by atoms with Gasteiger partial charge in [-0.3, -0.25) is 4.79 Å². The Morgan fingerprint density at radius 3 is 2.90 bits per heavy atom. The first kappa shape index (κ1) is 17.8. The van der Waals surface area contributed by atoms with Crippen molar-refractivity contribution in [3.63, 3.8) is 0 Å². The van der Waals surface area contributed by atoms with Crippen LogP contribution in [0.3, 0.4) is 0 Å². The number of anilines is 1. The zero-order chi connectivity index (χ0) is 14.4. The van der Waals surface area contributed by atoms with Crippen LogP contribution in [0.25, 0.3) is 0 Å². The van der Waals surface area contributed by atoms with Gasteiger partial charge in [-0.25, -0.2) is 0 Å². The predicted octanol–water partition coefficient (Wildman–Crippen LogP) is 2.51. The molecule has 1 aromatic rings. The first-order valence-corrected chi connectivity index (χ1v) is 7.39. The van der Waals surface area contributed by atoms with Crippen LogP contribution in [0.15, 0.2) is 24.3 Å². The van der Waals surface area contributed by atoms with Crippen LogP contribution in [-0.4, -0.2) is 37.1 Å². The lowest BCUT2D eigenvalue weighted by atomic mass is 10.1. The highest BCUT2D eigenvalue weighted by Gasteiger charge is 2.25. The number of benzene rings is 1. The van der Waals surface area contributed by atoms with Crippen molar-refractivity contribution >= 4 is 24.0 Å². The van der Waals surface area contributed by atoms with Gasteiger partial charge in [0.15, 0.2) is 0 Å². The molecule has 118 valence electrons. The maximum atomic E-state index is 12.2. The number of carbonyl (C=O) groups is 1. The van der Waals surface area contributed by atoms with Crippen LogP contribution in [0.1, 0.15) is 25.3 Å². The Hall–Kier alpha value is -1.26. The molecule has 4 nitrogen and oxygen atoms in total. The fraction of sp³-hybridized carbons (Fsp3) is 0.562. The van der Waals surface area contributed by atoms with E-state index in [4.69, 9.17) is 10.5 Å². The largest absolute Gasteiger partial charge is 0.399 e. The van der Waals surface area contributed by atoms with Crippen LogP contribution in [0.2, 0.25) is 0 Å². The summed E-state index contributed by atoms with van der Waals surface area (Å²) in [5, 5.41) is 0. The highest BCUT2D eigenvalue weighted by Crippen LogP contribution is 2.19. The highest BCUT2D eigenvalue weighted by molar-refractivity contribution is 5.85. The highest BCUT2D eigenvalue weighted by atomic mass is 35.5. The average Bonchev–Trinajstić information content (AvgIpc) is 2.93. The number of para-hydroxylation sites is 1. The summed E-state index contributed by atoms with van der Waals surface area (Å²) in [5.74, 6) is 0.730. The maximum absolute atomic E-state index is 12.2. The van der Waals surface area contributed by atoms with Crippen molar-refractivity contribution in [3.8, 4) is 0 Å². The molecule has 5 heteroatoms. The van der Waals surface area contributed by atoms with Crippen LogP contribution < -0.4 is 5.73 Å². The first-order chi connectivity index (χ1) is 9.70. The molecule has 1 amide bonds. The molecule has 0 saturated carbocycles. The number of hydrogen-bond acceptors (Lipinski definition) is 3. The molecule has 1 saturated heterocycles. The van der Waals surface area contributed by atoms with Crippen LogP contribution in [0.4, 0.5) is 5.69 Å². The minimum atomic E-state index is 0. The van der Waals surface area contributed by atoms with Gasteiger partial charge in [0.05, 0.1) is 6.61 Å². The van der Waals surface area contributed by atoms with Crippen molar-refractivity contribution in [2.75, 3.05) is 32.0 Å². The number of rotatable bonds is 6. The number of hydrogen-bond donors (Lipinski definition) is 1. The molecule has 1 aliphatic heterocycles.